The second kappa shape index (κ2) is 5.81. The molecule has 0 radical (unpaired) electrons. The Morgan fingerprint density at radius 1 is 1.56 bits per heavy atom. The van der Waals surface area contributed by atoms with E-state index in [2.05, 4.69) is 22.9 Å². The van der Waals surface area contributed by atoms with Gasteiger partial charge in [0.25, 0.3) is 0 Å². The number of hydrogen-bond acceptors (Lipinski definition) is 2. The molecule has 0 aromatic heterocycles. The Kier molecular flexibility index (Phi) is 4.57. The van der Waals surface area contributed by atoms with Gasteiger partial charge in [-0.3, -0.25) is 0 Å². The maximum absolute atomic E-state index is 6.59. The van der Waals surface area contributed by atoms with E-state index in [1.807, 2.05) is 25.1 Å². The van der Waals surface area contributed by atoms with Gasteiger partial charge >= 0.3 is 0 Å². The van der Waals surface area contributed by atoms with Crippen molar-refractivity contribution in [2.45, 2.75) is 37.7 Å². The van der Waals surface area contributed by atoms with E-state index >= 15 is 0 Å². The highest BCUT2D eigenvalue weighted by atomic mass is 79.9. The van der Waals surface area contributed by atoms with E-state index in [1.165, 1.54) is 0 Å². The molecule has 0 amide bonds. The van der Waals surface area contributed by atoms with Crippen molar-refractivity contribution in [3.8, 4) is 5.75 Å². The van der Waals surface area contributed by atoms with Crippen molar-refractivity contribution in [1.82, 2.24) is 0 Å². The van der Waals surface area contributed by atoms with Gasteiger partial charge in [-0.2, -0.15) is 0 Å². The van der Waals surface area contributed by atoms with Crippen LogP contribution in [-0.2, 0) is 4.74 Å². The summed E-state index contributed by atoms with van der Waals surface area (Å²) in [4.78, 5) is 0. The molecular formula is C14H18BrClO2. The Labute approximate surface area is 122 Å². The van der Waals surface area contributed by atoms with E-state index in [0.717, 1.165) is 35.2 Å². The summed E-state index contributed by atoms with van der Waals surface area (Å²) in [6.07, 6.45) is 2.08. The first-order valence-electron chi connectivity index (χ1n) is 6.27. The molecular weight excluding hydrogens is 316 g/mol. The fraction of sp³-hybridized carbons (Fsp3) is 0.571. The summed E-state index contributed by atoms with van der Waals surface area (Å²) in [5, 5.41) is -0.148. The zero-order valence-corrected chi connectivity index (χ0v) is 13.1. The number of benzene rings is 1. The monoisotopic (exact) mass is 332 g/mol. The van der Waals surface area contributed by atoms with Crippen molar-refractivity contribution in [2.75, 3.05) is 13.2 Å². The molecule has 1 heterocycles. The Balaban J connectivity index is 2.22. The van der Waals surface area contributed by atoms with Crippen LogP contribution in [0.5, 0.6) is 5.75 Å². The van der Waals surface area contributed by atoms with Crippen LogP contribution in [0.25, 0.3) is 0 Å². The van der Waals surface area contributed by atoms with Crippen molar-refractivity contribution in [1.29, 1.82) is 0 Å². The van der Waals surface area contributed by atoms with Crippen molar-refractivity contribution < 1.29 is 9.47 Å². The van der Waals surface area contributed by atoms with Crippen molar-refractivity contribution >= 4 is 27.5 Å². The van der Waals surface area contributed by atoms with Gasteiger partial charge in [0.1, 0.15) is 5.75 Å². The molecule has 2 unspecified atom stereocenters. The molecule has 2 atom stereocenters. The summed E-state index contributed by atoms with van der Waals surface area (Å²) in [5.41, 5.74) is 0.793. The average Bonchev–Trinajstić information content (AvgIpc) is 2.77. The van der Waals surface area contributed by atoms with Crippen LogP contribution < -0.4 is 4.74 Å². The number of rotatable bonds is 4. The van der Waals surface area contributed by atoms with Gasteiger partial charge in [0.15, 0.2) is 0 Å². The molecule has 2 nitrogen and oxygen atoms in total. The fourth-order valence-electron chi connectivity index (χ4n) is 2.30. The minimum atomic E-state index is -0.267. The third-order valence-electron chi connectivity index (χ3n) is 3.34. The molecule has 0 spiro atoms. The van der Waals surface area contributed by atoms with Gasteiger partial charge in [0.05, 0.1) is 17.6 Å². The lowest BCUT2D eigenvalue weighted by Crippen LogP contribution is -2.29. The highest BCUT2D eigenvalue weighted by molar-refractivity contribution is 9.10. The summed E-state index contributed by atoms with van der Waals surface area (Å²) >= 11 is 10.2. The number of hydrogen-bond donors (Lipinski definition) is 0. The first-order chi connectivity index (χ1) is 8.57. The molecule has 0 bridgehead atoms. The zero-order chi connectivity index (χ0) is 13.2. The van der Waals surface area contributed by atoms with Gasteiger partial charge in [-0.25, -0.2) is 0 Å². The smallest absolute Gasteiger partial charge is 0.120 e. The lowest BCUT2D eigenvalue weighted by atomic mass is 9.93. The van der Waals surface area contributed by atoms with Gasteiger partial charge in [0.2, 0.25) is 0 Å². The Morgan fingerprint density at radius 2 is 2.33 bits per heavy atom. The van der Waals surface area contributed by atoms with Gasteiger partial charge < -0.3 is 9.47 Å². The largest absolute Gasteiger partial charge is 0.494 e. The topological polar surface area (TPSA) is 18.5 Å². The predicted octanol–water partition coefficient (Wildman–Crippen LogP) is 4.70. The Hall–Kier alpha value is -0.250. The SMILES string of the molecule is CCOc1ccc(C(Cl)C2(C)CCCO2)c(Br)c1. The summed E-state index contributed by atoms with van der Waals surface area (Å²) < 4.78 is 12.3. The minimum absolute atomic E-state index is 0.148. The van der Waals surface area contributed by atoms with Gasteiger partial charge in [-0.15, -0.1) is 11.6 Å². The number of halogens is 2. The van der Waals surface area contributed by atoms with E-state index < -0.39 is 0 Å². The summed E-state index contributed by atoms with van der Waals surface area (Å²) in [6.45, 7) is 5.52. The Bertz CT molecular complexity index is 416. The van der Waals surface area contributed by atoms with E-state index in [1.54, 1.807) is 0 Å². The summed E-state index contributed by atoms with van der Waals surface area (Å²) in [7, 11) is 0. The quantitative estimate of drug-likeness (QED) is 0.744. The standard InChI is InChI=1S/C14H18BrClO2/c1-3-17-10-5-6-11(12(15)9-10)13(16)14(2)7-4-8-18-14/h5-6,9,13H,3-4,7-8H2,1-2H3. The molecule has 18 heavy (non-hydrogen) atoms. The van der Waals surface area contributed by atoms with E-state index in [9.17, 15) is 0 Å². The second-order valence-electron chi connectivity index (χ2n) is 4.74. The fourth-order valence-corrected chi connectivity index (χ4v) is 3.38. The van der Waals surface area contributed by atoms with Gasteiger partial charge in [0, 0.05) is 11.1 Å². The number of alkyl halides is 1. The molecule has 0 N–H and O–H groups in total. The highest BCUT2D eigenvalue weighted by Crippen LogP contribution is 2.44. The predicted molar refractivity (Wildman–Crippen MR) is 77.5 cm³/mol. The molecule has 1 aliphatic rings. The average molecular weight is 334 g/mol. The molecule has 1 aliphatic heterocycles. The first kappa shape index (κ1) is 14.2. The van der Waals surface area contributed by atoms with E-state index in [-0.39, 0.29) is 11.0 Å². The number of ether oxygens (including phenoxy) is 2. The van der Waals surface area contributed by atoms with Crippen LogP contribution in [0.1, 0.15) is 37.6 Å². The molecule has 1 saturated heterocycles. The van der Waals surface area contributed by atoms with E-state index in [4.69, 9.17) is 21.1 Å². The molecule has 2 rings (SSSR count). The van der Waals surface area contributed by atoms with Crippen LogP contribution in [0.2, 0.25) is 0 Å². The summed E-state index contributed by atoms with van der Waals surface area (Å²) in [6, 6.07) is 5.93. The van der Waals surface area contributed by atoms with Crippen LogP contribution >= 0.6 is 27.5 Å². The minimum Gasteiger partial charge on any atom is -0.494 e. The van der Waals surface area contributed by atoms with Crippen LogP contribution in [0.15, 0.2) is 22.7 Å². The van der Waals surface area contributed by atoms with Gasteiger partial charge in [-0.1, -0.05) is 22.0 Å². The lowest BCUT2D eigenvalue weighted by Gasteiger charge is -2.29. The van der Waals surface area contributed by atoms with Crippen LogP contribution in [-0.4, -0.2) is 18.8 Å². The molecule has 100 valence electrons. The van der Waals surface area contributed by atoms with Crippen LogP contribution in [0.3, 0.4) is 0 Å². The molecule has 4 heteroatoms. The molecule has 0 saturated carbocycles. The van der Waals surface area contributed by atoms with Crippen molar-refractivity contribution in [3.63, 3.8) is 0 Å². The molecule has 1 fully saturated rings. The molecule has 0 aliphatic carbocycles. The van der Waals surface area contributed by atoms with Crippen LogP contribution in [0.4, 0.5) is 0 Å². The lowest BCUT2D eigenvalue weighted by molar-refractivity contribution is 0.0163. The van der Waals surface area contributed by atoms with Crippen molar-refractivity contribution in [3.05, 3.63) is 28.2 Å². The van der Waals surface area contributed by atoms with Crippen molar-refractivity contribution in [2.24, 2.45) is 0 Å². The summed E-state index contributed by atoms with van der Waals surface area (Å²) in [5.74, 6) is 0.856. The van der Waals surface area contributed by atoms with Gasteiger partial charge in [-0.05, 0) is 44.4 Å². The van der Waals surface area contributed by atoms with Crippen LogP contribution in [0, 0.1) is 0 Å². The normalized spacial score (nSPS) is 25.1. The Morgan fingerprint density at radius 3 is 2.89 bits per heavy atom. The highest BCUT2D eigenvalue weighted by Gasteiger charge is 2.39. The maximum atomic E-state index is 6.59. The van der Waals surface area contributed by atoms with E-state index in [0.29, 0.717) is 6.61 Å². The molecule has 1 aromatic rings. The third kappa shape index (κ3) is 2.84. The zero-order valence-electron chi connectivity index (χ0n) is 10.7. The third-order valence-corrected chi connectivity index (χ3v) is 4.72. The second-order valence-corrected chi connectivity index (χ2v) is 6.03. The first-order valence-corrected chi connectivity index (χ1v) is 7.50. The molecule has 1 aromatic carbocycles. The maximum Gasteiger partial charge on any atom is 0.120 e.